The van der Waals surface area contributed by atoms with Gasteiger partial charge in [0, 0.05) is 0 Å². The van der Waals surface area contributed by atoms with Gasteiger partial charge in [0.1, 0.15) is 6.26 Å². The van der Waals surface area contributed by atoms with Gasteiger partial charge in [-0.25, -0.2) is 5.84 Å². The van der Waals surface area contributed by atoms with Crippen LogP contribution in [-0.2, 0) is 0 Å². The first kappa shape index (κ1) is 6.24. The average molecular weight is 148 g/mol. The molecular weight excluding hydrogens is 140 g/mol. The normalized spacial score (nSPS) is 14.1. The van der Waals surface area contributed by atoms with Crippen molar-refractivity contribution in [1.29, 1.82) is 0 Å². The molecule has 0 fully saturated rings. The molecule has 3 heteroatoms. The minimum Gasteiger partial charge on any atom is -0.461 e. The summed E-state index contributed by atoms with van der Waals surface area (Å²) in [6.07, 6.45) is 3.23. The molecule has 0 aliphatic carbocycles. The van der Waals surface area contributed by atoms with Crippen LogP contribution in [0.4, 0.5) is 5.69 Å². The lowest BCUT2D eigenvalue weighted by Gasteiger charge is -2.20. The maximum atomic E-state index is 5.61. The zero-order valence-corrected chi connectivity index (χ0v) is 5.90. The summed E-state index contributed by atoms with van der Waals surface area (Å²) in [6.45, 7) is 0. The van der Waals surface area contributed by atoms with Crippen LogP contribution in [0.15, 0.2) is 36.7 Å². The van der Waals surface area contributed by atoms with Crippen molar-refractivity contribution in [1.82, 2.24) is 0 Å². The van der Waals surface area contributed by atoms with E-state index in [0.717, 1.165) is 11.4 Å². The van der Waals surface area contributed by atoms with Gasteiger partial charge in [-0.3, -0.25) is 5.01 Å². The van der Waals surface area contributed by atoms with Crippen molar-refractivity contribution in [2.24, 2.45) is 5.84 Å². The predicted octanol–water partition coefficient (Wildman–Crippen LogP) is 1.23. The number of nitrogens with two attached hydrogens (primary N) is 1. The summed E-state index contributed by atoms with van der Waals surface area (Å²) in [6, 6.07) is 7.60. The molecule has 2 rings (SSSR count). The van der Waals surface area contributed by atoms with Crippen LogP contribution in [0.25, 0.3) is 0 Å². The van der Waals surface area contributed by atoms with E-state index < -0.39 is 0 Å². The maximum absolute atomic E-state index is 5.61. The smallest absolute Gasteiger partial charge is 0.151 e. The van der Waals surface area contributed by atoms with E-state index in [9.17, 15) is 0 Å². The van der Waals surface area contributed by atoms with Crippen LogP contribution in [0.2, 0.25) is 0 Å². The zero-order valence-electron chi connectivity index (χ0n) is 5.90. The molecule has 3 nitrogen and oxygen atoms in total. The molecule has 11 heavy (non-hydrogen) atoms. The predicted molar refractivity (Wildman–Crippen MR) is 42.9 cm³/mol. The van der Waals surface area contributed by atoms with Crippen LogP contribution in [0.5, 0.6) is 5.75 Å². The molecule has 0 unspecified atom stereocenters. The fourth-order valence-electron chi connectivity index (χ4n) is 1.02. The number of anilines is 1. The summed E-state index contributed by atoms with van der Waals surface area (Å²) >= 11 is 0. The fraction of sp³-hybridized carbons (Fsp3) is 0. The topological polar surface area (TPSA) is 38.5 Å². The quantitative estimate of drug-likeness (QED) is 0.562. The Kier molecular flexibility index (Phi) is 1.30. The molecule has 1 aromatic rings. The van der Waals surface area contributed by atoms with Gasteiger partial charge >= 0.3 is 0 Å². The lowest BCUT2D eigenvalue weighted by atomic mass is 10.3. The number of hydrogen-bond acceptors (Lipinski definition) is 3. The van der Waals surface area contributed by atoms with Crippen molar-refractivity contribution >= 4 is 5.69 Å². The molecule has 1 aromatic carbocycles. The van der Waals surface area contributed by atoms with Crippen LogP contribution < -0.4 is 15.6 Å². The molecule has 0 spiro atoms. The molecule has 0 bridgehead atoms. The molecule has 1 aliphatic heterocycles. The maximum Gasteiger partial charge on any atom is 0.151 e. The van der Waals surface area contributed by atoms with Crippen LogP contribution in [0.3, 0.4) is 0 Å². The number of nitrogens with zero attached hydrogens (tertiary/aromatic N) is 1. The SMILES string of the molecule is NN1C=COc2ccccc21. The van der Waals surface area contributed by atoms with Crippen molar-refractivity contribution in [3.05, 3.63) is 36.7 Å². The Morgan fingerprint density at radius 3 is 2.91 bits per heavy atom. The second-order valence-corrected chi connectivity index (χ2v) is 2.28. The molecule has 0 amide bonds. The number of benzene rings is 1. The Morgan fingerprint density at radius 2 is 2.09 bits per heavy atom. The van der Waals surface area contributed by atoms with Gasteiger partial charge in [0.05, 0.1) is 11.9 Å². The number of para-hydroxylation sites is 2. The van der Waals surface area contributed by atoms with Gasteiger partial charge in [-0.2, -0.15) is 0 Å². The summed E-state index contributed by atoms with van der Waals surface area (Å²) in [5.74, 6) is 6.40. The van der Waals surface area contributed by atoms with E-state index in [0.29, 0.717) is 0 Å². The highest BCUT2D eigenvalue weighted by atomic mass is 16.5. The molecule has 0 radical (unpaired) electrons. The third kappa shape index (κ3) is 0.951. The van der Waals surface area contributed by atoms with E-state index in [1.807, 2.05) is 24.3 Å². The second-order valence-electron chi connectivity index (χ2n) is 2.28. The molecule has 2 N–H and O–H groups in total. The van der Waals surface area contributed by atoms with Crippen LogP contribution >= 0.6 is 0 Å². The number of fused-ring (bicyclic) bond motifs is 1. The zero-order chi connectivity index (χ0) is 7.68. The molecule has 0 saturated heterocycles. The van der Waals surface area contributed by atoms with E-state index in [-0.39, 0.29) is 0 Å². The number of ether oxygens (including phenoxy) is 1. The molecule has 56 valence electrons. The minimum atomic E-state index is 0.789. The van der Waals surface area contributed by atoms with Crippen LogP contribution in [-0.4, -0.2) is 0 Å². The fourth-order valence-corrected chi connectivity index (χ4v) is 1.02. The molecule has 0 atom stereocenters. The first-order chi connectivity index (χ1) is 5.38. The largest absolute Gasteiger partial charge is 0.461 e. The van der Waals surface area contributed by atoms with Crippen molar-refractivity contribution in [2.45, 2.75) is 0 Å². The summed E-state index contributed by atoms with van der Waals surface area (Å²) in [7, 11) is 0. The van der Waals surface area contributed by atoms with Gasteiger partial charge < -0.3 is 4.74 Å². The first-order valence-electron chi connectivity index (χ1n) is 3.34. The van der Waals surface area contributed by atoms with E-state index in [2.05, 4.69) is 0 Å². The number of hydrazine groups is 1. The molecule has 0 aromatic heterocycles. The van der Waals surface area contributed by atoms with Gasteiger partial charge in [-0.1, -0.05) is 12.1 Å². The average Bonchev–Trinajstić information content (AvgIpc) is 2.06. The van der Waals surface area contributed by atoms with Gasteiger partial charge in [-0.15, -0.1) is 0 Å². The highest BCUT2D eigenvalue weighted by Gasteiger charge is 2.08. The lowest BCUT2D eigenvalue weighted by molar-refractivity contribution is 0.470. The van der Waals surface area contributed by atoms with Gasteiger partial charge in [0.25, 0.3) is 0 Å². The standard InChI is InChI=1S/C8H8N2O/c9-10-5-6-11-8-4-2-1-3-7(8)10/h1-6H,9H2. The Hall–Kier alpha value is -1.48. The summed E-state index contributed by atoms with van der Waals surface area (Å²) in [4.78, 5) is 0. The molecule has 1 heterocycles. The second kappa shape index (κ2) is 2.29. The summed E-state index contributed by atoms with van der Waals surface area (Å²) < 4.78 is 5.19. The number of hydrogen-bond donors (Lipinski definition) is 1. The van der Waals surface area contributed by atoms with Gasteiger partial charge in [0.15, 0.2) is 5.75 Å². The third-order valence-electron chi connectivity index (χ3n) is 1.56. The minimum absolute atomic E-state index is 0.789. The van der Waals surface area contributed by atoms with E-state index in [1.54, 1.807) is 12.5 Å². The number of rotatable bonds is 0. The highest BCUT2D eigenvalue weighted by molar-refractivity contribution is 5.60. The monoisotopic (exact) mass is 148 g/mol. The van der Waals surface area contributed by atoms with Crippen LogP contribution in [0.1, 0.15) is 0 Å². The van der Waals surface area contributed by atoms with Crippen molar-refractivity contribution in [3.8, 4) is 5.75 Å². The first-order valence-corrected chi connectivity index (χ1v) is 3.34. The Bertz CT molecular complexity index is 296. The summed E-state index contributed by atoms with van der Waals surface area (Å²) in [5, 5.41) is 1.53. The van der Waals surface area contributed by atoms with Gasteiger partial charge in [0.2, 0.25) is 0 Å². The van der Waals surface area contributed by atoms with Crippen molar-refractivity contribution < 1.29 is 4.74 Å². The van der Waals surface area contributed by atoms with Crippen molar-refractivity contribution in [2.75, 3.05) is 5.01 Å². The van der Waals surface area contributed by atoms with Gasteiger partial charge in [-0.05, 0) is 12.1 Å². The Labute approximate surface area is 64.6 Å². The van der Waals surface area contributed by atoms with E-state index in [4.69, 9.17) is 10.6 Å². The lowest BCUT2D eigenvalue weighted by Crippen LogP contribution is -2.26. The molecule has 0 saturated carbocycles. The van der Waals surface area contributed by atoms with Crippen molar-refractivity contribution in [3.63, 3.8) is 0 Å². The van der Waals surface area contributed by atoms with Crippen LogP contribution in [0, 0.1) is 0 Å². The Morgan fingerprint density at radius 1 is 1.27 bits per heavy atom. The Balaban J connectivity index is 2.50. The van der Waals surface area contributed by atoms with E-state index >= 15 is 0 Å². The molecule has 1 aliphatic rings. The summed E-state index contributed by atoms with van der Waals surface area (Å²) in [5.41, 5.74) is 0.884. The third-order valence-corrected chi connectivity index (χ3v) is 1.56. The van der Waals surface area contributed by atoms with E-state index in [1.165, 1.54) is 5.01 Å². The highest BCUT2D eigenvalue weighted by Crippen LogP contribution is 2.28. The molecular formula is C8H8N2O.